The molecule has 0 radical (unpaired) electrons. The highest BCUT2D eigenvalue weighted by Crippen LogP contribution is 2.30. The van der Waals surface area contributed by atoms with Crippen LogP contribution in [0.5, 0.6) is 0 Å². The molecular weight excluding hydrogens is 481 g/mol. The van der Waals surface area contributed by atoms with Crippen molar-refractivity contribution < 1.29 is 0 Å². The summed E-state index contributed by atoms with van der Waals surface area (Å²) in [6, 6.07) is 4.47. The van der Waals surface area contributed by atoms with Gasteiger partial charge in [-0.15, -0.1) is 35.3 Å². The summed E-state index contributed by atoms with van der Waals surface area (Å²) in [5, 5.41) is 7.18. The van der Waals surface area contributed by atoms with Crippen molar-refractivity contribution in [2.75, 3.05) is 46.8 Å². The smallest absolute Gasteiger partial charge is 0.191 e. The third-order valence-corrected chi connectivity index (χ3v) is 7.48. The maximum absolute atomic E-state index is 4.48. The van der Waals surface area contributed by atoms with Gasteiger partial charge >= 0.3 is 0 Å². The average molecular weight is 520 g/mol. The molecule has 0 aliphatic carbocycles. The molecule has 0 amide bonds. The van der Waals surface area contributed by atoms with E-state index in [0.29, 0.717) is 0 Å². The van der Waals surface area contributed by atoms with Gasteiger partial charge in [-0.1, -0.05) is 13.3 Å². The molecule has 3 rings (SSSR count). The van der Waals surface area contributed by atoms with Crippen LogP contribution < -0.4 is 10.6 Å². The summed E-state index contributed by atoms with van der Waals surface area (Å²) in [7, 11) is 4.13. The minimum absolute atomic E-state index is 0. The Bertz CT molecular complexity index is 604. The molecule has 7 heteroatoms. The number of thiophene rings is 1. The zero-order valence-corrected chi connectivity index (χ0v) is 20.9. The number of piperidine rings is 2. The van der Waals surface area contributed by atoms with Crippen LogP contribution in [0.15, 0.2) is 17.1 Å². The first-order valence-corrected chi connectivity index (χ1v) is 11.4. The lowest BCUT2D eigenvalue weighted by atomic mass is 9.84. The molecule has 0 aromatic carbocycles. The van der Waals surface area contributed by atoms with Crippen LogP contribution in [0.25, 0.3) is 0 Å². The van der Waals surface area contributed by atoms with Crippen LogP contribution in [-0.2, 0) is 13.0 Å². The lowest BCUT2D eigenvalue weighted by molar-refractivity contribution is 0.0173. The zero-order valence-electron chi connectivity index (χ0n) is 17.8. The third-order valence-electron chi connectivity index (χ3n) is 6.25. The van der Waals surface area contributed by atoms with Crippen molar-refractivity contribution in [2.45, 2.75) is 57.5 Å². The summed E-state index contributed by atoms with van der Waals surface area (Å²) in [5.41, 5.74) is 0.281. The molecule has 1 aromatic heterocycles. The van der Waals surface area contributed by atoms with Crippen LogP contribution in [-0.4, -0.2) is 68.1 Å². The topological polar surface area (TPSA) is 42.9 Å². The number of rotatable bonds is 6. The van der Waals surface area contributed by atoms with Gasteiger partial charge in [0.05, 0.1) is 6.54 Å². The number of nitrogens with one attached hydrogen (secondary N) is 2. The normalized spacial score (nSPS) is 21.2. The van der Waals surface area contributed by atoms with Crippen molar-refractivity contribution in [3.8, 4) is 0 Å². The number of halogens is 1. The van der Waals surface area contributed by atoms with Crippen LogP contribution in [0.3, 0.4) is 0 Å². The summed E-state index contributed by atoms with van der Waals surface area (Å²) >= 11 is 1.89. The number of aryl methyl sites for hydroxylation is 1. The Morgan fingerprint density at radius 3 is 2.36 bits per heavy atom. The summed E-state index contributed by atoms with van der Waals surface area (Å²) < 4.78 is 0. The maximum atomic E-state index is 4.48. The van der Waals surface area contributed by atoms with E-state index in [2.05, 4.69) is 51.5 Å². The van der Waals surface area contributed by atoms with Gasteiger partial charge in [-0.05, 0) is 77.5 Å². The number of hydrogen-bond donors (Lipinski definition) is 2. The van der Waals surface area contributed by atoms with Crippen LogP contribution in [0.2, 0.25) is 0 Å². The standard InChI is InChI=1S/C21H37N5S.HI/c1-4-18-8-9-19(27-18)16-23-20(22-2)24-17-21(10-14-25(3)15-11-21)26-12-6-5-7-13-26;/h8-9H,4-7,10-17H2,1-3H3,(H2,22,23,24);1H. The number of hydrogen-bond acceptors (Lipinski definition) is 4. The Morgan fingerprint density at radius 1 is 1.07 bits per heavy atom. The van der Waals surface area contributed by atoms with Crippen LogP contribution in [0.4, 0.5) is 0 Å². The zero-order chi connectivity index (χ0) is 19.1. The minimum atomic E-state index is 0. The number of guanidine groups is 1. The lowest BCUT2D eigenvalue weighted by Gasteiger charge is -2.50. The molecule has 0 saturated carbocycles. The van der Waals surface area contributed by atoms with Gasteiger partial charge in [0.1, 0.15) is 0 Å². The van der Waals surface area contributed by atoms with E-state index in [1.54, 1.807) is 0 Å². The van der Waals surface area contributed by atoms with Crippen LogP contribution in [0.1, 0.15) is 48.8 Å². The largest absolute Gasteiger partial charge is 0.355 e. The highest BCUT2D eigenvalue weighted by Gasteiger charge is 2.39. The molecule has 0 atom stereocenters. The molecule has 3 heterocycles. The fourth-order valence-corrected chi connectivity index (χ4v) is 5.25. The number of aliphatic imine (C=N–C) groups is 1. The summed E-state index contributed by atoms with van der Waals surface area (Å²) in [6.07, 6.45) is 7.70. The monoisotopic (exact) mass is 519 g/mol. The molecule has 0 unspecified atom stereocenters. The van der Waals surface area contributed by atoms with Gasteiger partial charge in [-0.25, -0.2) is 0 Å². The molecule has 0 bridgehead atoms. The van der Waals surface area contributed by atoms with E-state index in [1.807, 2.05) is 18.4 Å². The SMILES string of the molecule is CCc1ccc(CNC(=NC)NCC2(N3CCCCC3)CCN(C)CC2)s1.I. The van der Waals surface area contributed by atoms with Gasteiger partial charge in [0.2, 0.25) is 0 Å². The average Bonchev–Trinajstić information content (AvgIpc) is 3.18. The first kappa shape index (κ1) is 23.9. The second-order valence-corrected chi connectivity index (χ2v) is 9.33. The Labute approximate surface area is 192 Å². The Hall–Kier alpha value is -0.380. The molecular formula is C21H38IN5S. The van der Waals surface area contributed by atoms with Gasteiger partial charge < -0.3 is 15.5 Å². The van der Waals surface area contributed by atoms with Gasteiger partial charge in [0, 0.05) is 28.9 Å². The highest BCUT2D eigenvalue weighted by atomic mass is 127. The second kappa shape index (κ2) is 11.7. The second-order valence-electron chi connectivity index (χ2n) is 8.08. The van der Waals surface area contributed by atoms with Crippen molar-refractivity contribution in [3.63, 3.8) is 0 Å². The van der Waals surface area contributed by atoms with Crippen molar-refractivity contribution in [2.24, 2.45) is 4.99 Å². The molecule has 1 aromatic rings. The van der Waals surface area contributed by atoms with E-state index in [4.69, 9.17) is 0 Å². The molecule has 0 spiro atoms. The maximum Gasteiger partial charge on any atom is 0.191 e. The predicted octanol–water partition coefficient (Wildman–Crippen LogP) is 3.54. The summed E-state index contributed by atoms with van der Waals surface area (Å²) in [6.45, 7) is 8.96. The van der Waals surface area contributed by atoms with E-state index in [-0.39, 0.29) is 29.5 Å². The van der Waals surface area contributed by atoms with Crippen molar-refractivity contribution in [3.05, 3.63) is 21.9 Å². The van der Waals surface area contributed by atoms with E-state index in [9.17, 15) is 0 Å². The predicted molar refractivity (Wildman–Crippen MR) is 132 cm³/mol. The van der Waals surface area contributed by atoms with Crippen LogP contribution in [0, 0.1) is 0 Å². The lowest BCUT2D eigenvalue weighted by Crippen LogP contribution is -2.62. The minimum Gasteiger partial charge on any atom is -0.355 e. The molecule has 2 N–H and O–H groups in total. The number of likely N-dealkylation sites (tertiary alicyclic amines) is 2. The number of nitrogens with zero attached hydrogens (tertiary/aromatic N) is 3. The van der Waals surface area contributed by atoms with Crippen LogP contribution >= 0.6 is 35.3 Å². The van der Waals surface area contributed by atoms with E-state index in [1.165, 1.54) is 68.0 Å². The van der Waals surface area contributed by atoms with Crippen molar-refractivity contribution in [1.29, 1.82) is 0 Å². The summed E-state index contributed by atoms with van der Waals surface area (Å²) in [5.74, 6) is 0.928. The van der Waals surface area contributed by atoms with Crippen molar-refractivity contribution >= 4 is 41.3 Å². The first-order chi connectivity index (χ1) is 13.1. The molecule has 5 nitrogen and oxygen atoms in total. The van der Waals surface area contributed by atoms with E-state index >= 15 is 0 Å². The van der Waals surface area contributed by atoms with Gasteiger partial charge in [0.15, 0.2) is 5.96 Å². The van der Waals surface area contributed by atoms with Gasteiger partial charge in [-0.2, -0.15) is 0 Å². The molecule has 160 valence electrons. The fraction of sp³-hybridized carbons (Fsp3) is 0.762. The molecule has 28 heavy (non-hydrogen) atoms. The Morgan fingerprint density at radius 2 is 1.75 bits per heavy atom. The van der Waals surface area contributed by atoms with E-state index < -0.39 is 0 Å². The molecule has 2 saturated heterocycles. The summed E-state index contributed by atoms with van der Waals surface area (Å²) in [4.78, 5) is 12.5. The third kappa shape index (κ3) is 6.31. The Balaban J connectivity index is 0.00000280. The van der Waals surface area contributed by atoms with Crippen molar-refractivity contribution in [1.82, 2.24) is 20.4 Å². The molecule has 2 aliphatic heterocycles. The first-order valence-electron chi connectivity index (χ1n) is 10.6. The quantitative estimate of drug-likeness (QED) is 0.343. The Kier molecular flexibility index (Phi) is 10.00. The fourth-order valence-electron chi connectivity index (χ4n) is 4.35. The van der Waals surface area contributed by atoms with Gasteiger partial charge in [0.25, 0.3) is 0 Å². The van der Waals surface area contributed by atoms with Gasteiger partial charge in [-0.3, -0.25) is 9.89 Å². The molecule has 2 aliphatic rings. The highest BCUT2D eigenvalue weighted by molar-refractivity contribution is 14.0. The molecule has 2 fully saturated rings. The van der Waals surface area contributed by atoms with E-state index in [0.717, 1.165) is 25.5 Å².